The molecule has 1 heterocycles. The van der Waals surface area contributed by atoms with Crippen molar-refractivity contribution in [1.82, 2.24) is 4.98 Å². The number of aliphatic carboxylic acids is 2. The minimum atomic E-state index is -1.26. The van der Waals surface area contributed by atoms with Crippen molar-refractivity contribution in [2.75, 3.05) is 6.54 Å². The summed E-state index contributed by atoms with van der Waals surface area (Å²) in [4.78, 5) is 33.3. The third kappa shape index (κ3) is 5.64. The maximum atomic E-state index is 11.0. The third-order valence-electron chi connectivity index (χ3n) is 2.83. The molecule has 1 aromatic heterocycles. The van der Waals surface area contributed by atoms with Crippen molar-refractivity contribution in [3.05, 3.63) is 47.7 Å². The molecule has 0 radical (unpaired) electrons. The molecule has 1 aromatic carbocycles. The predicted octanol–water partition coefficient (Wildman–Crippen LogP) is 0.480. The van der Waals surface area contributed by atoms with E-state index in [1.165, 1.54) is 0 Å². The summed E-state index contributed by atoms with van der Waals surface area (Å²) in [5, 5.41) is 16.6. The zero-order chi connectivity index (χ0) is 17.4. The number of hydrogen-bond donors (Lipinski definition) is 5. The number of rotatable bonds is 5. The van der Waals surface area contributed by atoms with Crippen LogP contribution in [0.5, 0.6) is 0 Å². The normalized spacial score (nSPS) is 10.3. The van der Waals surface area contributed by atoms with Crippen molar-refractivity contribution >= 4 is 28.7 Å². The lowest BCUT2D eigenvalue weighted by Crippen LogP contribution is -2.10. The molecule has 0 spiro atoms. The molecule has 0 aliphatic rings. The molecule has 0 saturated heterocycles. The zero-order valence-electron chi connectivity index (χ0n) is 12.2. The van der Waals surface area contributed by atoms with E-state index in [9.17, 15) is 14.4 Å². The van der Waals surface area contributed by atoms with Gasteiger partial charge in [-0.3, -0.25) is 4.79 Å². The first-order valence-electron chi connectivity index (χ1n) is 6.59. The maximum absolute atomic E-state index is 11.0. The first-order chi connectivity index (χ1) is 10.8. The average molecular weight is 319 g/mol. The van der Waals surface area contributed by atoms with Gasteiger partial charge >= 0.3 is 11.9 Å². The summed E-state index contributed by atoms with van der Waals surface area (Å²) in [5.41, 5.74) is 13.4. The predicted molar refractivity (Wildman–Crippen MR) is 84.0 cm³/mol. The Bertz CT molecular complexity index is 733. The van der Waals surface area contributed by atoms with Crippen molar-refractivity contribution in [1.29, 1.82) is 0 Å². The van der Waals surface area contributed by atoms with Crippen LogP contribution in [0.2, 0.25) is 0 Å². The standard InChI is InChI=1S/C11H13N3O.C4H4O4/c12-4-3-8-6-14-10-2-1-7(11(13)15)5-9(8)10;5-3(6)1-2-4(7)8/h1-2,5-6,14H,3-4,12H2,(H2,13,15);1-2H,(H,5,6)(H,7,8)/b;2-1-. The van der Waals surface area contributed by atoms with Gasteiger partial charge in [0.2, 0.25) is 5.91 Å². The van der Waals surface area contributed by atoms with Crippen LogP contribution >= 0.6 is 0 Å². The summed E-state index contributed by atoms with van der Waals surface area (Å²) >= 11 is 0. The number of aromatic nitrogens is 1. The molecule has 0 atom stereocenters. The molecular weight excluding hydrogens is 302 g/mol. The quantitative estimate of drug-likeness (QED) is 0.504. The number of hydrogen-bond acceptors (Lipinski definition) is 4. The fourth-order valence-electron chi connectivity index (χ4n) is 1.84. The largest absolute Gasteiger partial charge is 0.478 e. The monoisotopic (exact) mass is 319 g/mol. The number of nitrogens with two attached hydrogens (primary N) is 2. The Morgan fingerprint density at radius 1 is 1.13 bits per heavy atom. The second-order valence-electron chi connectivity index (χ2n) is 4.49. The number of carbonyl (C=O) groups excluding carboxylic acids is 1. The number of amides is 1. The molecule has 122 valence electrons. The minimum absolute atomic E-state index is 0.406. The Morgan fingerprint density at radius 3 is 2.22 bits per heavy atom. The Labute approximate surface area is 131 Å². The highest BCUT2D eigenvalue weighted by molar-refractivity contribution is 5.97. The summed E-state index contributed by atoms with van der Waals surface area (Å²) < 4.78 is 0. The molecule has 8 nitrogen and oxygen atoms in total. The molecule has 23 heavy (non-hydrogen) atoms. The van der Waals surface area contributed by atoms with Crippen molar-refractivity contribution in [3.8, 4) is 0 Å². The molecular formula is C15H17N3O5. The van der Waals surface area contributed by atoms with Crippen LogP contribution in [-0.2, 0) is 16.0 Å². The molecule has 0 bridgehead atoms. The number of primary amides is 1. The highest BCUT2D eigenvalue weighted by Gasteiger charge is 2.06. The van der Waals surface area contributed by atoms with Gasteiger partial charge < -0.3 is 26.7 Å². The van der Waals surface area contributed by atoms with Crippen LogP contribution in [0.1, 0.15) is 15.9 Å². The van der Waals surface area contributed by atoms with Crippen LogP contribution in [0.15, 0.2) is 36.5 Å². The average Bonchev–Trinajstić information content (AvgIpc) is 2.88. The SMILES string of the molecule is NCCc1c[nH]c2ccc(C(N)=O)cc12.O=C(O)/C=C\C(=O)O. The van der Waals surface area contributed by atoms with E-state index in [-0.39, 0.29) is 0 Å². The zero-order valence-corrected chi connectivity index (χ0v) is 12.2. The number of carbonyl (C=O) groups is 3. The van der Waals surface area contributed by atoms with Crippen molar-refractivity contribution in [2.45, 2.75) is 6.42 Å². The van der Waals surface area contributed by atoms with Crippen molar-refractivity contribution in [2.24, 2.45) is 11.5 Å². The molecule has 7 N–H and O–H groups in total. The lowest BCUT2D eigenvalue weighted by atomic mass is 10.1. The van der Waals surface area contributed by atoms with E-state index < -0.39 is 17.8 Å². The molecule has 1 amide bonds. The van der Waals surface area contributed by atoms with Crippen molar-refractivity contribution < 1.29 is 24.6 Å². The minimum Gasteiger partial charge on any atom is -0.478 e. The van der Waals surface area contributed by atoms with Crippen molar-refractivity contribution in [3.63, 3.8) is 0 Å². The summed E-state index contributed by atoms with van der Waals surface area (Å²) in [6, 6.07) is 5.38. The van der Waals surface area contributed by atoms with E-state index in [2.05, 4.69) is 4.98 Å². The molecule has 2 aromatic rings. The number of aromatic amines is 1. The smallest absolute Gasteiger partial charge is 0.328 e. The van der Waals surface area contributed by atoms with Gasteiger partial charge in [0.15, 0.2) is 0 Å². The van der Waals surface area contributed by atoms with E-state index in [0.717, 1.165) is 22.9 Å². The number of nitrogens with one attached hydrogen (secondary N) is 1. The Hall–Kier alpha value is -3.13. The van der Waals surface area contributed by atoms with E-state index in [1.807, 2.05) is 12.3 Å². The lowest BCUT2D eigenvalue weighted by Gasteiger charge is -1.98. The summed E-state index contributed by atoms with van der Waals surface area (Å²) in [6.07, 6.45) is 3.83. The van der Waals surface area contributed by atoms with E-state index in [1.54, 1.807) is 12.1 Å². The first kappa shape index (κ1) is 17.9. The summed E-state index contributed by atoms with van der Waals surface area (Å²) in [5.74, 6) is -2.92. The van der Waals surface area contributed by atoms with Crippen LogP contribution in [0.3, 0.4) is 0 Å². The number of H-pyrrole nitrogens is 1. The maximum Gasteiger partial charge on any atom is 0.328 e. The fraction of sp³-hybridized carbons (Fsp3) is 0.133. The van der Waals surface area contributed by atoms with Gasteiger partial charge in [-0.15, -0.1) is 0 Å². The molecule has 2 rings (SSSR count). The molecule has 0 unspecified atom stereocenters. The summed E-state index contributed by atoms with van der Waals surface area (Å²) in [6.45, 7) is 0.591. The Balaban J connectivity index is 0.000000284. The molecule has 0 saturated carbocycles. The van der Waals surface area contributed by atoms with Crippen LogP contribution in [-0.4, -0.2) is 39.6 Å². The highest BCUT2D eigenvalue weighted by atomic mass is 16.4. The van der Waals surface area contributed by atoms with Gasteiger partial charge in [-0.1, -0.05) is 0 Å². The van der Waals surface area contributed by atoms with Gasteiger partial charge in [0, 0.05) is 34.8 Å². The van der Waals surface area contributed by atoms with Gasteiger partial charge in [0.25, 0.3) is 0 Å². The van der Waals surface area contributed by atoms with Gasteiger partial charge in [0.1, 0.15) is 0 Å². The number of fused-ring (bicyclic) bond motifs is 1. The molecule has 0 aliphatic carbocycles. The Morgan fingerprint density at radius 2 is 1.74 bits per heavy atom. The second-order valence-corrected chi connectivity index (χ2v) is 4.49. The molecule has 0 aliphatic heterocycles. The second kappa shape index (κ2) is 8.35. The van der Waals surface area contributed by atoms with Crippen LogP contribution in [0, 0.1) is 0 Å². The lowest BCUT2D eigenvalue weighted by molar-refractivity contribution is -0.134. The van der Waals surface area contributed by atoms with Gasteiger partial charge in [0.05, 0.1) is 0 Å². The molecule has 0 fully saturated rings. The van der Waals surface area contributed by atoms with Crippen LogP contribution in [0.25, 0.3) is 10.9 Å². The van der Waals surface area contributed by atoms with E-state index in [0.29, 0.717) is 24.3 Å². The summed E-state index contributed by atoms with van der Waals surface area (Å²) in [7, 11) is 0. The number of benzene rings is 1. The molecule has 8 heteroatoms. The topological polar surface area (TPSA) is 160 Å². The van der Waals surface area contributed by atoms with E-state index >= 15 is 0 Å². The van der Waals surface area contributed by atoms with Crippen LogP contribution in [0.4, 0.5) is 0 Å². The highest BCUT2D eigenvalue weighted by Crippen LogP contribution is 2.19. The van der Waals surface area contributed by atoms with E-state index in [4.69, 9.17) is 21.7 Å². The first-order valence-corrected chi connectivity index (χ1v) is 6.59. The van der Waals surface area contributed by atoms with Gasteiger partial charge in [-0.05, 0) is 36.7 Å². The number of carboxylic acid groups (broad SMARTS) is 2. The van der Waals surface area contributed by atoms with Crippen LogP contribution < -0.4 is 11.5 Å². The van der Waals surface area contributed by atoms with Gasteiger partial charge in [-0.2, -0.15) is 0 Å². The fourth-order valence-corrected chi connectivity index (χ4v) is 1.84. The number of carboxylic acids is 2. The Kier molecular flexibility index (Phi) is 6.50. The van der Waals surface area contributed by atoms with Gasteiger partial charge in [-0.25, -0.2) is 9.59 Å². The third-order valence-corrected chi connectivity index (χ3v) is 2.83.